The Labute approximate surface area is 236 Å². The van der Waals surface area contributed by atoms with Gasteiger partial charge in [-0.15, -0.1) is 0 Å². The van der Waals surface area contributed by atoms with Crippen molar-refractivity contribution in [2.75, 3.05) is 20.8 Å². The van der Waals surface area contributed by atoms with E-state index in [0.717, 1.165) is 18.4 Å². The van der Waals surface area contributed by atoms with Crippen molar-refractivity contribution in [1.82, 2.24) is 0 Å². The Morgan fingerprint density at radius 1 is 0.769 bits per heavy atom. The second-order valence-corrected chi connectivity index (χ2v) is 9.08. The summed E-state index contributed by atoms with van der Waals surface area (Å²) in [5.41, 5.74) is 1.28. The summed E-state index contributed by atoms with van der Waals surface area (Å²) in [6.07, 6.45) is 8.74. The Morgan fingerprint density at radius 3 is 2.05 bits per heavy atom. The largest absolute Gasteiger partial charge is 0.493 e. The van der Waals surface area contributed by atoms with Crippen molar-refractivity contribution in [3.05, 3.63) is 41.5 Å². The highest BCUT2D eigenvalue weighted by Crippen LogP contribution is 2.36. The summed E-state index contributed by atoms with van der Waals surface area (Å²) >= 11 is 0. The predicted octanol–water partition coefficient (Wildman–Crippen LogP) is 8.36. The Kier molecular flexibility index (Phi) is 17.0. The van der Waals surface area contributed by atoms with Crippen LogP contribution in [0.25, 0.3) is 0 Å². The molecule has 2 aromatic carbocycles. The van der Waals surface area contributed by atoms with Crippen LogP contribution >= 0.6 is 0 Å². The van der Waals surface area contributed by atoms with Gasteiger partial charge >= 0.3 is 5.97 Å². The quantitative estimate of drug-likeness (QED) is 0.0979. The van der Waals surface area contributed by atoms with Gasteiger partial charge in [-0.2, -0.15) is 0 Å². The summed E-state index contributed by atoms with van der Waals surface area (Å²) in [4.78, 5) is 12.1. The molecule has 216 valence electrons. The minimum absolute atomic E-state index is 0.0701. The van der Waals surface area contributed by atoms with Crippen LogP contribution in [0.3, 0.4) is 0 Å². The molecule has 39 heavy (non-hydrogen) atoms. The average molecular weight is 541 g/mol. The molecule has 0 amide bonds. The molecule has 6 nitrogen and oxygen atoms in total. The second kappa shape index (κ2) is 19.7. The molecule has 0 heterocycles. The third-order valence-corrected chi connectivity index (χ3v) is 5.65. The first-order valence-electron chi connectivity index (χ1n) is 14.3. The first kappa shape index (κ1) is 33.7. The molecule has 0 aliphatic rings. The van der Waals surface area contributed by atoms with Gasteiger partial charge < -0.3 is 23.7 Å². The molecule has 0 aliphatic carbocycles. The number of hydrogen-bond donors (Lipinski definition) is 0. The second-order valence-electron chi connectivity index (χ2n) is 9.08. The van der Waals surface area contributed by atoms with E-state index in [1.54, 1.807) is 33.3 Å². The van der Waals surface area contributed by atoms with Crippen molar-refractivity contribution in [2.45, 2.75) is 99.0 Å². The van der Waals surface area contributed by atoms with Gasteiger partial charge in [0.2, 0.25) is 0 Å². The predicted molar refractivity (Wildman–Crippen MR) is 158 cm³/mol. The Balaban J connectivity index is 0.00000371. The lowest BCUT2D eigenvalue weighted by Crippen LogP contribution is -2.10. The molecule has 0 spiro atoms. The molecule has 0 aliphatic heterocycles. The zero-order valence-electron chi connectivity index (χ0n) is 25.3. The van der Waals surface area contributed by atoms with E-state index in [4.69, 9.17) is 23.7 Å². The smallest absolute Gasteiger partial charge is 0.310 e. The summed E-state index contributed by atoms with van der Waals surface area (Å²) in [6.45, 7) is 12.4. The van der Waals surface area contributed by atoms with E-state index in [-0.39, 0.29) is 18.5 Å². The fourth-order valence-corrected chi connectivity index (χ4v) is 3.67. The van der Waals surface area contributed by atoms with Crippen molar-refractivity contribution in [3.63, 3.8) is 0 Å². The van der Waals surface area contributed by atoms with E-state index in [9.17, 15) is 4.79 Å². The molecule has 0 unspecified atom stereocenters. The van der Waals surface area contributed by atoms with Gasteiger partial charge in [-0.3, -0.25) is 4.79 Å². The van der Waals surface area contributed by atoms with E-state index in [0.29, 0.717) is 40.9 Å². The number of ether oxygens (including phenoxy) is 5. The molecule has 0 saturated carbocycles. The van der Waals surface area contributed by atoms with E-state index in [1.807, 2.05) is 45.9 Å². The summed E-state index contributed by atoms with van der Waals surface area (Å²) in [5.74, 6) is 8.60. The SMILES string of the molecule is CC.CCCCCCCCCOc1cc(C#Cc2cc(OC)c(OC(C)C)cc2OC(=O)CC)ccc1OC. The summed E-state index contributed by atoms with van der Waals surface area (Å²) in [5, 5.41) is 0. The van der Waals surface area contributed by atoms with Crippen LogP contribution < -0.4 is 23.7 Å². The van der Waals surface area contributed by atoms with E-state index >= 15 is 0 Å². The Hall–Kier alpha value is -3.33. The minimum atomic E-state index is -0.353. The maximum absolute atomic E-state index is 12.1. The lowest BCUT2D eigenvalue weighted by molar-refractivity contribution is -0.134. The van der Waals surface area contributed by atoms with E-state index < -0.39 is 0 Å². The maximum atomic E-state index is 12.1. The first-order chi connectivity index (χ1) is 18.9. The number of rotatable bonds is 15. The van der Waals surface area contributed by atoms with Crippen molar-refractivity contribution in [3.8, 4) is 40.6 Å². The monoisotopic (exact) mass is 540 g/mol. The molecule has 0 bridgehead atoms. The van der Waals surface area contributed by atoms with E-state index in [1.165, 1.54) is 32.1 Å². The first-order valence-corrected chi connectivity index (χ1v) is 14.3. The number of benzene rings is 2. The average Bonchev–Trinajstić information content (AvgIpc) is 2.94. The molecular formula is C33H48O6. The zero-order chi connectivity index (χ0) is 29.0. The van der Waals surface area contributed by atoms with Gasteiger partial charge in [0.15, 0.2) is 23.0 Å². The zero-order valence-corrected chi connectivity index (χ0v) is 25.3. The maximum Gasteiger partial charge on any atom is 0.310 e. The molecule has 0 saturated heterocycles. The van der Waals surface area contributed by atoms with Gasteiger partial charge in [0.25, 0.3) is 0 Å². The molecule has 0 fully saturated rings. The standard InChI is InChI=1S/C31H42O6.C2H6/c1-7-9-10-11-12-13-14-19-35-29-20-24(16-18-26(29)33-5)15-17-25-21-28(34-6)30(36-23(3)4)22-27(25)37-31(32)8-2;1-2/h16,18,20-23H,7-14,19H2,1-6H3;1-2H3. The lowest BCUT2D eigenvalue weighted by atomic mass is 10.1. The van der Waals surface area contributed by atoms with Crippen LogP contribution in [0.4, 0.5) is 0 Å². The lowest BCUT2D eigenvalue weighted by Gasteiger charge is -2.16. The number of esters is 1. The third-order valence-electron chi connectivity index (χ3n) is 5.65. The number of hydrogen-bond acceptors (Lipinski definition) is 6. The molecule has 0 aromatic heterocycles. The van der Waals surface area contributed by atoms with Crippen LogP contribution in [-0.4, -0.2) is 32.9 Å². The van der Waals surface area contributed by atoms with Crippen LogP contribution in [0.5, 0.6) is 28.7 Å². The number of carbonyl (C=O) groups excluding carboxylic acids is 1. The molecule has 2 aromatic rings. The normalized spacial score (nSPS) is 10.1. The third kappa shape index (κ3) is 12.4. The summed E-state index contributed by atoms with van der Waals surface area (Å²) < 4.78 is 28.4. The molecule has 0 radical (unpaired) electrons. The van der Waals surface area contributed by atoms with Crippen molar-refractivity contribution in [2.24, 2.45) is 0 Å². The van der Waals surface area contributed by atoms with Gasteiger partial charge in [0, 0.05) is 24.1 Å². The van der Waals surface area contributed by atoms with Gasteiger partial charge in [0.05, 0.1) is 32.5 Å². The highest BCUT2D eigenvalue weighted by Gasteiger charge is 2.15. The van der Waals surface area contributed by atoms with Crippen molar-refractivity contribution >= 4 is 5.97 Å². The van der Waals surface area contributed by atoms with Crippen LogP contribution in [0.1, 0.15) is 104 Å². The highest BCUT2D eigenvalue weighted by atomic mass is 16.5. The van der Waals surface area contributed by atoms with Crippen LogP contribution in [-0.2, 0) is 4.79 Å². The minimum Gasteiger partial charge on any atom is -0.493 e. The highest BCUT2D eigenvalue weighted by molar-refractivity contribution is 5.74. The summed E-state index contributed by atoms with van der Waals surface area (Å²) in [7, 11) is 3.19. The van der Waals surface area contributed by atoms with Crippen LogP contribution in [0.2, 0.25) is 0 Å². The van der Waals surface area contributed by atoms with Gasteiger partial charge in [-0.05, 0) is 38.5 Å². The number of methoxy groups -OCH3 is 2. The number of unbranched alkanes of at least 4 members (excludes halogenated alkanes) is 6. The van der Waals surface area contributed by atoms with Gasteiger partial charge in [0.1, 0.15) is 5.75 Å². The van der Waals surface area contributed by atoms with Crippen molar-refractivity contribution in [1.29, 1.82) is 0 Å². The molecule has 0 atom stereocenters. The molecule has 6 heteroatoms. The fraction of sp³-hybridized carbons (Fsp3) is 0.545. The van der Waals surface area contributed by atoms with E-state index in [2.05, 4.69) is 18.8 Å². The Morgan fingerprint density at radius 2 is 1.44 bits per heavy atom. The van der Waals surface area contributed by atoms with Crippen molar-refractivity contribution < 1.29 is 28.5 Å². The van der Waals surface area contributed by atoms with Crippen LogP contribution in [0, 0.1) is 11.8 Å². The molecule has 0 N–H and O–H groups in total. The summed E-state index contributed by atoms with van der Waals surface area (Å²) in [6, 6.07) is 8.98. The topological polar surface area (TPSA) is 63.2 Å². The van der Waals surface area contributed by atoms with Crippen LogP contribution in [0.15, 0.2) is 30.3 Å². The fourth-order valence-electron chi connectivity index (χ4n) is 3.67. The van der Waals surface area contributed by atoms with Gasteiger partial charge in [-0.1, -0.05) is 78.1 Å². The Bertz CT molecular complexity index is 1050. The van der Waals surface area contributed by atoms with Gasteiger partial charge in [-0.25, -0.2) is 0 Å². The molecular weight excluding hydrogens is 492 g/mol. The molecule has 2 rings (SSSR count). The number of carbonyl (C=O) groups is 1.